The van der Waals surface area contributed by atoms with Crippen molar-refractivity contribution in [3.8, 4) is 0 Å². The van der Waals surface area contributed by atoms with E-state index in [-0.39, 0.29) is 18.4 Å². The number of ether oxygens (including phenoxy) is 1. The molecule has 1 aromatic carbocycles. The number of nitrogens with two attached hydrogens (primary N) is 3. The summed E-state index contributed by atoms with van der Waals surface area (Å²) in [4.78, 5) is 21.2. The van der Waals surface area contributed by atoms with Crippen LogP contribution >= 0.6 is 0 Å². The smallest absolute Gasteiger partial charge is 0.312 e. The third kappa shape index (κ3) is 9.49. The quantitative estimate of drug-likeness (QED) is 0.439. The minimum Gasteiger partial charge on any atom is -0.375 e. The van der Waals surface area contributed by atoms with Gasteiger partial charge < -0.3 is 27.3 Å². The standard InChI is InChI=1S/C16H26N4O3/c17-14(7-8-15(18)21)11-23-10-13-5-3-12(4-6-13)2-1-9-20-16(19)22/h3-6,14H,1-2,7-11,17H2,(H2,18,21)(H3,19,20,22). The number of benzene rings is 1. The Labute approximate surface area is 136 Å². The van der Waals surface area contributed by atoms with E-state index in [9.17, 15) is 9.59 Å². The summed E-state index contributed by atoms with van der Waals surface area (Å²) in [6.45, 7) is 1.45. The van der Waals surface area contributed by atoms with Crippen LogP contribution < -0.4 is 22.5 Å². The fourth-order valence-corrected chi connectivity index (χ4v) is 2.05. The van der Waals surface area contributed by atoms with Crippen molar-refractivity contribution in [2.75, 3.05) is 13.2 Å². The number of carbonyl (C=O) groups is 2. The lowest BCUT2D eigenvalue weighted by atomic mass is 10.1. The molecule has 0 saturated carbocycles. The van der Waals surface area contributed by atoms with Crippen LogP contribution in [0.1, 0.15) is 30.4 Å². The van der Waals surface area contributed by atoms with Crippen molar-refractivity contribution in [2.45, 2.75) is 38.3 Å². The van der Waals surface area contributed by atoms with Crippen LogP contribution in [0.2, 0.25) is 0 Å². The molecule has 0 bridgehead atoms. The molecular formula is C16H26N4O3. The third-order valence-electron chi connectivity index (χ3n) is 3.33. The molecule has 3 amide bonds. The van der Waals surface area contributed by atoms with E-state index in [4.69, 9.17) is 21.9 Å². The lowest BCUT2D eigenvalue weighted by Crippen LogP contribution is -2.30. The number of nitrogens with one attached hydrogen (secondary N) is 1. The molecule has 0 radical (unpaired) electrons. The zero-order valence-corrected chi connectivity index (χ0v) is 13.3. The van der Waals surface area contributed by atoms with Gasteiger partial charge in [0.25, 0.3) is 0 Å². The first-order valence-corrected chi connectivity index (χ1v) is 7.70. The van der Waals surface area contributed by atoms with Crippen LogP contribution in [0.3, 0.4) is 0 Å². The van der Waals surface area contributed by atoms with Gasteiger partial charge in [-0.15, -0.1) is 0 Å². The van der Waals surface area contributed by atoms with Crippen molar-refractivity contribution in [3.05, 3.63) is 35.4 Å². The summed E-state index contributed by atoms with van der Waals surface area (Å²) in [5, 5.41) is 2.56. The minimum atomic E-state index is -0.494. The van der Waals surface area contributed by atoms with Gasteiger partial charge in [0.05, 0.1) is 13.2 Å². The molecular weight excluding hydrogens is 296 g/mol. The van der Waals surface area contributed by atoms with E-state index in [1.165, 1.54) is 5.56 Å². The Morgan fingerprint density at radius 2 is 1.78 bits per heavy atom. The van der Waals surface area contributed by atoms with Gasteiger partial charge in [-0.25, -0.2) is 4.79 Å². The van der Waals surface area contributed by atoms with Gasteiger partial charge >= 0.3 is 6.03 Å². The average Bonchev–Trinajstić information content (AvgIpc) is 2.51. The Balaban J connectivity index is 2.20. The van der Waals surface area contributed by atoms with Crippen molar-refractivity contribution in [1.29, 1.82) is 0 Å². The highest BCUT2D eigenvalue weighted by atomic mass is 16.5. The van der Waals surface area contributed by atoms with E-state index in [0.29, 0.717) is 26.2 Å². The minimum absolute atomic E-state index is 0.181. The molecule has 1 atom stereocenters. The second-order valence-electron chi connectivity index (χ2n) is 5.49. The average molecular weight is 322 g/mol. The van der Waals surface area contributed by atoms with Gasteiger partial charge in [0, 0.05) is 19.0 Å². The fourth-order valence-electron chi connectivity index (χ4n) is 2.05. The molecule has 0 heterocycles. The van der Waals surface area contributed by atoms with Gasteiger partial charge in [0.2, 0.25) is 5.91 Å². The van der Waals surface area contributed by atoms with Crippen LogP contribution in [0, 0.1) is 0 Å². The molecule has 0 aliphatic heterocycles. The maximum atomic E-state index is 10.7. The molecule has 0 fully saturated rings. The molecule has 7 heteroatoms. The zero-order chi connectivity index (χ0) is 17.1. The Morgan fingerprint density at radius 3 is 2.39 bits per heavy atom. The summed E-state index contributed by atoms with van der Waals surface area (Å²) in [5.74, 6) is -0.345. The van der Waals surface area contributed by atoms with Gasteiger partial charge in [-0.3, -0.25) is 4.79 Å². The maximum absolute atomic E-state index is 10.7. The first kappa shape index (κ1) is 18.9. The Bertz CT molecular complexity index is 491. The van der Waals surface area contributed by atoms with Crippen molar-refractivity contribution in [1.82, 2.24) is 5.32 Å². The second-order valence-corrected chi connectivity index (χ2v) is 5.49. The number of urea groups is 1. The highest BCUT2D eigenvalue weighted by molar-refractivity contribution is 5.73. The van der Waals surface area contributed by atoms with Crippen LogP contribution in [-0.4, -0.2) is 31.1 Å². The molecule has 128 valence electrons. The predicted octanol–water partition coefficient (Wildman–Crippen LogP) is 0.397. The number of hydrogen-bond donors (Lipinski definition) is 4. The van der Waals surface area contributed by atoms with Crippen LogP contribution in [0.5, 0.6) is 0 Å². The molecule has 1 aromatic rings. The van der Waals surface area contributed by atoms with Gasteiger partial charge in [-0.05, 0) is 30.4 Å². The summed E-state index contributed by atoms with van der Waals surface area (Å²) in [5.41, 5.74) is 18.2. The lowest BCUT2D eigenvalue weighted by molar-refractivity contribution is -0.118. The van der Waals surface area contributed by atoms with E-state index >= 15 is 0 Å². The Morgan fingerprint density at radius 1 is 1.13 bits per heavy atom. The maximum Gasteiger partial charge on any atom is 0.312 e. The lowest BCUT2D eigenvalue weighted by Gasteiger charge is -2.11. The first-order valence-electron chi connectivity index (χ1n) is 7.70. The molecule has 0 aliphatic rings. The number of primary amides is 2. The largest absolute Gasteiger partial charge is 0.375 e. The van der Waals surface area contributed by atoms with Crippen LogP contribution in [-0.2, 0) is 22.6 Å². The topological polar surface area (TPSA) is 133 Å². The predicted molar refractivity (Wildman–Crippen MR) is 88.4 cm³/mol. The van der Waals surface area contributed by atoms with Gasteiger partial charge in [-0.1, -0.05) is 24.3 Å². The van der Waals surface area contributed by atoms with Crippen LogP contribution in [0.25, 0.3) is 0 Å². The van der Waals surface area contributed by atoms with Gasteiger partial charge in [0.1, 0.15) is 0 Å². The SMILES string of the molecule is NC(=O)CCC(N)COCc1ccc(CCCNC(N)=O)cc1. The number of aryl methyl sites for hydroxylation is 1. The normalized spacial score (nSPS) is 11.9. The Hall–Kier alpha value is -2.12. The van der Waals surface area contributed by atoms with E-state index < -0.39 is 6.03 Å². The number of carbonyl (C=O) groups excluding carboxylic acids is 2. The summed E-state index contributed by atoms with van der Waals surface area (Å²) < 4.78 is 5.54. The highest BCUT2D eigenvalue weighted by Crippen LogP contribution is 2.08. The van der Waals surface area contributed by atoms with E-state index in [0.717, 1.165) is 18.4 Å². The molecule has 0 saturated heterocycles. The summed E-state index contributed by atoms with van der Waals surface area (Å²) in [6.07, 6.45) is 2.53. The monoisotopic (exact) mass is 322 g/mol. The molecule has 7 N–H and O–H groups in total. The fraction of sp³-hybridized carbons (Fsp3) is 0.500. The Kier molecular flexibility index (Phi) is 8.71. The number of rotatable bonds is 11. The van der Waals surface area contributed by atoms with Crippen molar-refractivity contribution < 1.29 is 14.3 Å². The van der Waals surface area contributed by atoms with Crippen molar-refractivity contribution >= 4 is 11.9 Å². The summed E-state index contributed by atoms with van der Waals surface area (Å²) >= 11 is 0. The summed E-state index contributed by atoms with van der Waals surface area (Å²) in [6, 6.07) is 7.41. The van der Waals surface area contributed by atoms with Crippen LogP contribution in [0.4, 0.5) is 4.79 Å². The van der Waals surface area contributed by atoms with E-state index in [1.807, 2.05) is 24.3 Å². The van der Waals surface area contributed by atoms with Gasteiger partial charge in [-0.2, -0.15) is 0 Å². The summed E-state index contributed by atoms with van der Waals surface area (Å²) in [7, 11) is 0. The molecule has 0 aromatic heterocycles. The zero-order valence-electron chi connectivity index (χ0n) is 13.3. The molecule has 0 spiro atoms. The van der Waals surface area contributed by atoms with E-state index in [2.05, 4.69) is 5.32 Å². The molecule has 23 heavy (non-hydrogen) atoms. The highest BCUT2D eigenvalue weighted by Gasteiger charge is 2.05. The van der Waals surface area contributed by atoms with Crippen LogP contribution in [0.15, 0.2) is 24.3 Å². The number of amides is 3. The van der Waals surface area contributed by atoms with Gasteiger partial charge in [0.15, 0.2) is 0 Å². The first-order chi connectivity index (χ1) is 11.0. The molecule has 1 rings (SSSR count). The molecule has 7 nitrogen and oxygen atoms in total. The van der Waals surface area contributed by atoms with Crippen molar-refractivity contribution in [2.24, 2.45) is 17.2 Å². The van der Waals surface area contributed by atoms with Crippen molar-refractivity contribution in [3.63, 3.8) is 0 Å². The molecule has 0 aliphatic carbocycles. The third-order valence-corrected chi connectivity index (χ3v) is 3.33. The van der Waals surface area contributed by atoms with E-state index in [1.54, 1.807) is 0 Å². The number of hydrogen-bond acceptors (Lipinski definition) is 4. The second kappa shape index (κ2) is 10.6. The molecule has 1 unspecified atom stereocenters.